The number of likely N-dealkylation sites (tertiary alicyclic amines) is 1. The van der Waals surface area contributed by atoms with E-state index in [1.54, 1.807) is 0 Å². The summed E-state index contributed by atoms with van der Waals surface area (Å²) in [6, 6.07) is 2.24. The van der Waals surface area contributed by atoms with Crippen LogP contribution in [0.1, 0.15) is 31.7 Å². The third-order valence-corrected chi connectivity index (χ3v) is 3.49. The van der Waals surface area contributed by atoms with E-state index in [2.05, 4.69) is 17.0 Å². The van der Waals surface area contributed by atoms with Gasteiger partial charge >= 0.3 is 0 Å². The molecule has 4 nitrogen and oxygen atoms in total. The minimum Gasteiger partial charge on any atom is -0.361 e. The molecule has 1 aromatic rings. The highest BCUT2D eigenvalue weighted by Gasteiger charge is 2.30. The number of Topliss-reactive ketones (excluding diaryl/α,β-unsaturated/α-hetero) is 1. The molecule has 0 radical (unpaired) electrons. The van der Waals surface area contributed by atoms with E-state index in [1.807, 2.05) is 19.9 Å². The minimum atomic E-state index is 0.127. The predicted molar refractivity (Wildman–Crippen MR) is 59.9 cm³/mol. The monoisotopic (exact) mass is 222 g/mol. The van der Waals surface area contributed by atoms with Crippen molar-refractivity contribution in [3.05, 3.63) is 17.5 Å². The highest BCUT2D eigenvalue weighted by Crippen LogP contribution is 2.21. The number of carbonyl (C=O) groups is 1. The second kappa shape index (κ2) is 4.37. The number of carbonyl (C=O) groups excluding carboxylic acids is 1. The maximum Gasteiger partial charge on any atom is 0.138 e. The summed E-state index contributed by atoms with van der Waals surface area (Å²) in [5.41, 5.74) is 0.950. The number of hydrogen-bond acceptors (Lipinski definition) is 4. The van der Waals surface area contributed by atoms with Crippen LogP contribution in [0.15, 0.2) is 10.6 Å². The fourth-order valence-corrected chi connectivity index (χ4v) is 2.19. The van der Waals surface area contributed by atoms with E-state index in [-0.39, 0.29) is 5.92 Å². The zero-order valence-electron chi connectivity index (χ0n) is 10.1. The van der Waals surface area contributed by atoms with Gasteiger partial charge in [-0.3, -0.25) is 9.69 Å². The van der Waals surface area contributed by atoms with Crippen LogP contribution in [-0.4, -0.2) is 28.4 Å². The average Bonchev–Trinajstić information content (AvgIpc) is 2.65. The zero-order chi connectivity index (χ0) is 11.7. The topological polar surface area (TPSA) is 46.3 Å². The molecule has 2 heterocycles. The lowest BCUT2D eigenvalue weighted by Gasteiger charge is -2.36. The maximum atomic E-state index is 11.5. The molecule has 1 saturated heterocycles. The van der Waals surface area contributed by atoms with Crippen molar-refractivity contribution in [2.45, 2.75) is 39.8 Å². The first-order chi connectivity index (χ1) is 7.58. The average molecular weight is 222 g/mol. The van der Waals surface area contributed by atoms with Gasteiger partial charge in [-0.1, -0.05) is 12.1 Å². The molecule has 1 aliphatic heterocycles. The SMILES string of the molecule is Cc1cc(CN2CCC(=O)C(C)C2C)no1. The molecule has 0 spiro atoms. The van der Waals surface area contributed by atoms with Crippen molar-refractivity contribution in [1.82, 2.24) is 10.1 Å². The molecule has 0 aromatic carbocycles. The molecule has 2 unspecified atom stereocenters. The number of rotatable bonds is 2. The van der Waals surface area contributed by atoms with Gasteiger partial charge in [0.1, 0.15) is 11.5 Å². The van der Waals surface area contributed by atoms with Crippen molar-refractivity contribution in [2.24, 2.45) is 5.92 Å². The molecule has 88 valence electrons. The summed E-state index contributed by atoms with van der Waals surface area (Å²) in [6.45, 7) is 7.61. The van der Waals surface area contributed by atoms with Crippen molar-refractivity contribution in [2.75, 3.05) is 6.54 Å². The maximum absolute atomic E-state index is 11.5. The van der Waals surface area contributed by atoms with E-state index >= 15 is 0 Å². The van der Waals surface area contributed by atoms with Crippen LogP contribution in [0.3, 0.4) is 0 Å². The highest BCUT2D eigenvalue weighted by atomic mass is 16.5. The van der Waals surface area contributed by atoms with Gasteiger partial charge < -0.3 is 4.52 Å². The van der Waals surface area contributed by atoms with E-state index in [0.29, 0.717) is 18.2 Å². The third-order valence-electron chi connectivity index (χ3n) is 3.49. The molecule has 0 N–H and O–H groups in total. The molecule has 16 heavy (non-hydrogen) atoms. The van der Waals surface area contributed by atoms with E-state index in [9.17, 15) is 4.79 Å². The summed E-state index contributed by atoms with van der Waals surface area (Å²) in [7, 11) is 0. The number of ketones is 1. The Balaban J connectivity index is 2.02. The number of nitrogens with zero attached hydrogens (tertiary/aromatic N) is 2. The van der Waals surface area contributed by atoms with E-state index < -0.39 is 0 Å². The van der Waals surface area contributed by atoms with E-state index in [4.69, 9.17) is 4.52 Å². The quantitative estimate of drug-likeness (QED) is 0.765. The molecular weight excluding hydrogens is 204 g/mol. The van der Waals surface area contributed by atoms with Crippen molar-refractivity contribution in [3.63, 3.8) is 0 Å². The molecule has 0 bridgehead atoms. The lowest BCUT2D eigenvalue weighted by Crippen LogP contribution is -2.46. The first-order valence-electron chi connectivity index (χ1n) is 5.77. The van der Waals surface area contributed by atoms with Gasteiger partial charge in [0.2, 0.25) is 0 Å². The minimum absolute atomic E-state index is 0.127. The van der Waals surface area contributed by atoms with Gasteiger partial charge in [0.05, 0.1) is 5.69 Å². The summed E-state index contributed by atoms with van der Waals surface area (Å²) in [5, 5.41) is 3.99. The lowest BCUT2D eigenvalue weighted by molar-refractivity contribution is -0.128. The van der Waals surface area contributed by atoms with Crippen LogP contribution in [0.4, 0.5) is 0 Å². The van der Waals surface area contributed by atoms with Crippen LogP contribution in [0.2, 0.25) is 0 Å². The zero-order valence-corrected chi connectivity index (χ0v) is 10.1. The van der Waals surface area contributed by atoms with Gasteiger partial charge in [0, 0.05) is 37.5 Å². The summed E-state index contributed by atoms with van der Waals surface area (Å²) < 4.78 is 5.05. The fraction of sp³-hybridized carbons (Fsp3) is 0.667. The van der Waals surface area contributed by atoms with Gasteiger partial charge in [-0.2, -0.15) is 0 Å². The molecule has 2 atom stereocenters. The third kappa shape index (κ3) is 2.16. The Morgan fingerprint density at radius 3 is 2.94 bits per heavy atom. The van der Waals surface area contributed by atoms with Crippen LogP contribution >= 0.6 is 0 Å². The molecular formula is C12H18N2O2. The molecule has 1 aromatic heterocycles. The lowest BCUT2D eigenvalue weighted by atomic mass is 9.90. The molecule has 0 amide bonds. The van der Waals surface area contributed by atoms with Crippen LogP contribution in [0.5, 0.6) is 0 Å². The Kier molecular flexibility index (Phi) is 3.10. The second-order valence-electron chi connectivity index (χ2n) is 4.64. The summed E-state index contributed by atoms with van der Waals surface area (Å²) >= 11 is 0. The number of hydrogen-bond donors (Lipinski definition) is 0. The van der Waals surface area contributed by atoms with E-state index in [0.717, 1.165) is 24.5 Å². The van der Waals surface area contributed by atoms with Crippen LogP contribution in [0.25, 0.3) is 0 Å². The molecule has 0 aliphatic carbocycles. The Morgan fingerprint density at radius 1 is 1.56 bits per heavy atom. The van der Waals surface area contributed by atoms with Crippen molar-refractivity contribution in [3.8, 4) is 0 Å². The molecule has 1 aliphatic rings. The molecule has 4 heteroatoms. The van der Waals surface area contributed by atoms with Crippen LogP contribution < -0.4 is 0 Å². The highest BCUT2D eigenvalue weighted by molar-refractivity contribution is 5.82. The van der Waals surface area contributed by atoms with Gasteiger partial charge in [-0.25, -0.2) is 0 Å². The Labute approximate surface area is 95.6 Å². The Morgan fingerprint density at radius 2 is 2.31 bits per heavy atom. The first kappa shape index (κ1) is 11.3. The second-order valence-corrected chi connectivity index (χ2v) is 4.64. The summed E-state index contributed by atoms with van der Waals surface area (Å²) in [5.74, 6) is 1.34. The van der Waals surface area contributed by atoms with Gasteiger partial charge in [0.25, 0.3) is 0 Å². The number of aryl methyl sites for hydroxylation is 1. The molecule has 0 saturated carbocycles. The normalized spacial score (nSPS) is 27.3. The van der Waals surface area contributed by atoms with Crippen LogP contribution in [-0.2, 0) is 11.3 Å². The fourth-order valence-electron chi connectivity index (χ4n) is 2.19. The Bertz CT molecular complexity index is 386. The Hall–Kier alpha value is -1.16. The van der Waals surface area contributed by atoms with Gasteiger partial charge in [-0.05, 0) is 13.8 Å². The molecule has 1 fully saturated rings. The standard InChI is InChI=1S/C12H18N2O2/c1-8-6-11(13-16-8)7-14-5-4-12(15)9(2)10(14)3/h6,9-10H,4-5,7H2,1-3H3. The summed E-state index contributed by atoms with van der Waals surface area (Å²) in [6.07, 6.45) is 0.655. The van der Waals surface area contributed by atoms with Gasteiger partial charge in [0.15, 0.2) is 0 Å². The molecule has 2 rings (SSSR count). The predicted octanol–water partition coefficient (Wildman–Crippen LogP) is 1.78. The first-order valence-corrected chi connectivity index (χ1v) is 5.77. The van der Waals surface area contributed by atoms with Crippen molar-refractivity contribution < 1.29 is 9.32 Å². The van der Waals surface area contributed by atoms with E-state index in [1.165, 1.54) is 0 Å². The smallest absolute Gasteiger partial charge is 0.138 e. The van der Waals surface area contributed by atoms with Crippen LogP contribution in [0, 0.1) is 12.8 Å². The van der Waals surface area contributed by atoms with Gasteiger partial charge in [-0.15, -0.1) is 0 Å². The number of piperidine rings is 1. The van der Waals surface area contributed by atoms with Crippen molar-refractivity contribution >= 4 is 5.78 Å². The summed E-state index contributed by atoms with van der Waals surface area (Å²) in [4.78, 5) is 13.8. The van der Waals surface area contributed by atoms with Crippen molar-refractivity contribution in [1.29, 1.82) is 0 Å². The largest absolute Gasteiger partial charge is 0.361 e. The number of aromatic nitrogens is 1.